The van der Waals surface area contributed by atoms with Crippen molar-refractivity contribution in [3.63, 3.8) is 0 Å². The highest BCUT2D eigenvalue weighted by molar-refractivity contribution is 5.97. The first kappa shape index (κ1) is 31.5. The molecule has 0 atom stereocenters. The van der Waals surface area contributed by atoms with Crippen LogP contribution in [-0.4, -0.2) is 0 Å². The summed E-state index contributed by atoms with van der Waals surface area (Å²) in [4.78, 5) is 2.46. The number of hydrogen-bond acceptors (Lipinski definition) is 2. The van der Waals surface area contributed by atoms with Gasteiger partial charge in [0.1, 0.15) is 5.58 Å². The predicted molar refractivity (Wildman–Crippen MR) is 230 cm³/mol. The molecule has 2 nitrogen and oxygen atoms in total. The Hall–Kier alpha value is -6.90. The fraction of sp³-hybridized carbons (Fsp3) is 0.0741. The van der Waals surface area contributed by atoms with Crippen LogP contribution >= 0.6 is 0 Å². The Bertz CT molecular complexity index is 3010. The second-order valence-electron chi connectivity index (χ2n) is 16.1. The van der Waals surface area contributed by atoms with Gasteiger partial charge in [0.15, 0.2) is 0 Å². The molecule has 56 heavy (non-hydrogen) atoms. The summed E-state index contributed by atoms with van der Waals surface area (Å²) in [6.45, 7) is 4.73. The molecule has 9 aromatic rings. The summed E-state index contributed by atoms with van der Waals surface area (Å²) in [5.74, 6) is 0. The summed E-state index contributed by atoms with van der Waals surface area (Å²) >= 11 is 0. The van der Waals surface area contributed by atoms with Crippen molar-refractivity contribution in [2.45, 2.75) is 24.7 Å². The van der Waals surface area contributed by atoms with Gasteiger partial charge < -0.3 is 9.32 Å². The minimum absolute atomic E-state index is 0.122. The highest BCUT2D eigenvalue weighted by Crippen LogP contribution is 2.63. The maximum atomic E-state index is 5.77. The molecule has 0 saturated carbocycles. The van der Waals surface area contributed by atoms with E-state index in [-0.39, 0.29) is 5.41 Å². The molecular formula is C54H37NO. The van der Waals surface area contributed by atoms with Gasteiger partial charge in [-0.1, -0.05) is 147 Å². The van der Waals surface area contributed by atoms with Crippen molar-refractivity contribution >= 4 is 28.0 Å². The van der Waals surface area contributed by atoms with E-state index in [1.807, 2.05) is 6.07 Å². The van der Waals surface area contributed by atoms with Crippen molar-refractivity contribution in [3.8, 4) is 44.5 Å². The van der Waals surface area contributed by atoms with E-state index in [0.29, 0.717) is 0 Å². The van der Waals surface area contributed by atoms with Crippen LogP contribution in [0.2, 0.25) is 0 Å². The molecule has 0 saturated heterocycles. The molecule has 12 rings (SSSR count). The molecule has 3 aliphatic carbocycles. The summed E-state index contributed by atoms with van der Waals surface area (Å²) in [5, 5.41) is 1.11. The van der Waals surface area contributed by atoms with E-state index in [1.165, 1.54) is 66.8 Å². The van der Waals surface area contributed by atoms with E-state index < -0.39 is 5.41 Å². The minimum Gasteiger partial charge on any atom is -0.464 e. The van der Waals surface area contributed by atoms with Crippen LogP contribution in [-0.2, 0) is 10.8 Å². The van der Waals surface area contributed by atoms with E-state index >= 15 is 0 Å². The average Bonchev–Trinajstić information content (AvgIpc) is 3.98. The van der Waals surface area contributed by atoms with Crippen molar-refractivity contribution < 1.29 is 4.42 Å². The molecular weight excluding hydrogens is 679 g/mol. The summed E-state index contributed by atoms with van der Waals surface area (Å²) in [6, 6.07) is 67.8. The Morgan fingerprint density at radius 3 is 1.45 bits per heavy atom. The zero-order valence-electron chi connectivity index (χ0n) is 31.3. The highest BCUT2D eigenvalue weighted by Gasteiger charge is 2.51. The lowest BCUT2D eigenvalue weighted by atomic mass is 9.70. The van der Waals surface area contributed by atoms with Crippen LogP contribution in [0, 0.1) is 0 Å². The molecule has 1 spiro atoms. The number of hydrogen-bond donors (Lipinski definition) is 0. The number of anilines is 3. The fourth-order valence-corrected chi connectivity index (χ4v) is 10.4. The highest BCUT2D eigenvalue weighted by atomic mass is 16.3. The van der Waals surface area contributed by atoms with Crippen LogP contribution in [0.4, 0.5) is 17.1 Å². The molecule has 0 aliphatic heterocycles. The minimum atomic E-state index is -0.420. The summed E-state index contributed by atoms with van der Waals surface area (Å²) < 4.78 is 5.77. The van der Waals surface area contributed by atoms with Crippen LogP contribution in [0.1, 0.15) is 47.2 Å². The summed E-state index contributed by atoms with van der Waals surface area (Å²) in [6.07, 6.45) is 1.76. The smallest absolute Gasteiger partial charge is 0.134 e. The summed E-state index contributed by atoms with van der Waals surface area (Å²) in [5.41, 5.74) is 22.1. The zero-order chi connectivity index (χ0) is 37.2. The van der Waals surface area contributed by atoms with Gasteiger partial charge in [-0.15, -0.1) is 0 Å². The van der Waals surface area contributed by atoms with Gasteiger partial charge in [-0.3, -0.25) is 0 Å². The van der Waals surface area contributed by atoms with Gasteiger partial charge in [-0.2, -0.15) is 0 Å². The predicted octanol–water partition coefficient (Wildman–Crippen LogP) is 14.2. The quantitative estimate of drug-likeness (QED) is 0.180. The first-order chi connectivity index (χ1) is 27.5. The summed E-state index contributed by atoms with van der Waals surface area (Å²) in [7, 11) is 0. The number of furan rings is 1. The van der Waals surface area contributed by atoms with Gasteiger partial charge in [0.2, 0.25) is 0 Å². The second kappa shape index (κ2) is 11.3. The third-order valence-corrected chi connectivity index (χ3v) is 13.0. The molecule has 3 aliphatic rings. The fourth-order valence-electron chi connectivity index (χ4n) is 10.4. The molecule has 0 N–H and O–H groups in total. The Morgan fingerprint density at radius 2 is 0.839 bits per heavy atom. The lowest BCUT2D eigenvalue weighted by molar-refractivity contribution is 0.616. The van der Waals surface area contributed by atoms with Gasteiger partial charge in [0.05, 0.1) is 11.7 Å². The molecule has 1 aromatic heterocycles. The molecule has 1 heterocycles. The monoisotopic (exact) mass is 715 g/mol. The molecule has 264 valence electrons. The van der Waals surface area contributed by atoms with Crippen LogP contribution in [0.15, 0.2) is 193 Å². The van der Waals surface area contributed by atoms with Crippen molar-refractivity contribution in [1.82, 2.24) is 0 Å². The lowest BCUT2D eigenvalue weighted by Crippen LogP contribution is -2.26. The molecule has 0 bridgehead atoms. The number of benzene rings is 8. The van der Waals surface area contributed by atoms with E-state index in [9.17, 15) is 0 Å². The maximum absolute atomic E-state index is 5.77. The van der Waals surface area contributed by atoms with Crippen LogP contribution in [0.3, 0.4) is 0 Å². The molecule has 0 amide bonds. The Labute approximate surface area is 327 Å². The molecule has 0 unspecified atom stereocenters. The Kier molecular flexibility index (Phi) is 6.36. The lowest BCUT2D eigenvalue weighted by Gasteiger charge is -2.32. The Balaban J connectivity index is 1.08. The molecule has 0 radical (unpaired) electrons. The van der Waals surface area contributed by atoms with Crippen LogP contribution in [0.5, 0.6) is 0 Å². The van der Waals surface area contributed by atoms with E-state index in [0.717, 1.165) is 39.2 Å². The zero-order valence-corrected chi connectivity index (χ0v) is 31.3. The maximum Gasteiger partial charge on any atom is 0.134 e. The van der Waals surface area contributed by atoms with Crippen molar-refractivity contribution in [1.29, 1.82) is 0 Å². The van der Waals surface area contributed by atoms with Gasteiger partial charge in [0.25, 0.3) is 0 Å². The normalized spacial score (nSPS) is 14.5. The number of rotatable bonds is 4. The van der Waals surface area contributed by atoms with Crippen molar-refractivity contribution in [2.24, 2.45) is 0 Å². The van der Waals surface area contributed by atoms with Crippen LogP contribution in [0.25, 0.3) is 55.5 Å². The largest absolute Gasteiger partial charge is 0.464 e. The standard InChI is InChI=1S/C54H37NO/c1-53(2)46-15-7-3-11-40(46)44-27-25-38(32-50(44)53)55(37-23-21-34(22-24-37)36-20-19-35-29-30-56-52(35)31-36)39-26-28-45-43-14-6-10-18-49(43)54(51(45)33-39)47-16-8-4-12-41(47)42-13-5-9-17-48(42)54/h3-33H,1-2H3. The molecule has 8 aromatic carbocycles. The molecule has 2 heteroatoms. The van der Waals surface area contributed by atoms with Gasteiger partial charge >= 0.3 is 0 Å². The molecule has 0 fully saturated rings. The number of fused-ring (bicyclic) bond motifs is 14. The van der Waals surface area contributed by atoms with Gasteiger partial charge in [-0.25, -0.2) is 0 Å². The third kappa shape index (κ3) is 4.11. The SMILES string of the molecule is CC1(C)c2ccccc2-c2ccc(N(c3ccc(-c4ccc5ccoc5c4)cc3)c3ccc4c(c3)C3(c5ccccc5-c5ccccc53)c3ccccc3-4)cc21. The Morgan fingerprint density at radius 1 is 0.375 bits per heavy atom. The van der Waals surface area contributed by atoms with E-state index in [2.05, 4.69) is 195 Å². The second-order valence-corrected chi connectivity index (χ2v) is 16.1. The topological polar surface area (TPSA) is 16.4 Å². The van der Waals surface area contributed by atoms with Crippen molar-refractivity contribution in [2.75, 3.05) is 4.90 Å². The number of nitrogens with zero attached hydrogens (tertiary/aromatic N) is 1. The van der Waals surface area contributed by atoms with Gasteiger partial charge in [-0.05, 0) is 126 Å². The van der Waals surface area contributed by atoms with E-state index in [1.54, 1.807) is 6.26 Å². The van der Waals surface area contributed by atoms with Crippen molar-refractivity contribution in [3.05, 3.63) is 222 Å². The first-order valence-corrected chi connectivity index (χ1v) is 19.6. The van der Waals surface area contributed by atoms with E-state index in [4.69, 9.17) is 4.42 Å². The first-order valence-electron chi connectivity index (χ1n) is 19.6. The third-order valence-electron chi connectivity index (χ3n) is 13.0. The van der Waals surface area contributed by atoms with Crippen LogP contribution < -0.4 is 4.90 Å². The average molecular weight is 716 g/mol. The van der Waals surface area contributed by atoms with Gasteiger partial charge in [0, 0.05) is 27.9 Å².